The zero-order chi connectivity index (χ0) is 10.9. The number of hydrogen-bond acceptors (Lipinski definition) is 2. The van der Waals surface area contributed by atoms with E-state index >= 15 is 0 Å². The van der Waals surface area contributed by atoms with E-state index in [4.69, 9.17) is 0 Å². The van der Waals surface area contributed by atoms with Crippen LogP contribution < -0.4 is 0 Å². The molecule has 0 aromatic carbocycles. The lowest BCUT2D eigenvalue weighted by Gasteiger charge is -2.34. The highest BCUT2D eigenvalue weighted by molar-refractivity contribution is 5.14. The quantitative estimate of drug-likeness (QED) is 0.811. The molecular weight excluding hydrogens is 193 g/mol. The molecule has 1 aromatic heterocycles. The minimum Gasteiger partial charge on any atom is -0.296 e. The lowest BCUT2D eigenvalue weighted by molar-refractivity contribution is 0.0562. The second-order valence-corrected chi connectivity index (χ2v) is 4.75. The summed E-state index contributed by atoms with van der Waals surface area (Å²) in [5.41, 5.74) is 1.24. The summed E-state index contributed by atoms with van der Waals surface area (Å²) in [5, 5.41) is 6.89. The Morgan fingerprint density at radius 2 is 2.47 bits per heavy atom. The molecule has 15 heavy (non-hydrogen) atoms. The number of aromatic nitrogens is 2. The van der Waals surface area contributed by atoms with E-state index in [1.165, 1.54) is 5.56 Å². The summed E-state index contributed by atoms with van der Waals surface area (Å²) in [4.78, 5) is 2.17. The highest BCUT2D eigenvalue weighted by atomic mass is 19.1. The van der Waals surface area contributed by atoms with Crippen molar-refractivity contribution >= 4 is 0 Å². The van der Waals surface area contributed by atoms with E-state index in [0.717, 1.165) is 25.2 Å². The first-order valence-electron chi connectivity index (χ1n) is 5.47. The number of alkyl halides is 1. The van der Waals surface area contributed by atoms with Gasteiger partial charge in [-0.25, -0.2) is 4.39 Å². The zero-order valence-electron chi connectivity index (χ0n) is 9.39. The van der Waals surface area contributed by atoms with Crippen LogP contribution in [0, 0.1) is 6.92 Å². The Balaban J connectivity index is 1.98. The predicted molar refractivity (Wildman–Crippen MR) is 57.3 cm³/mol. The molecule has 0 aliphatic carbocycles. The second-order valence-electron chi connectivity index (χ2n) is 4.75. The molecule has 1 aliphatic rings. The molecule has 0 radical (unpaired) electrons. The molecule has 3 nitrogen and oxygen atoms in total. The first-order valence-corrected chi connectivity index (χ1v) is 5.47. The fourth-order valence-corrected chi connectivity index (χ4v) is 2.21. The van der Waals surface area contributed by atoms with E-state index < -0.39 is 5.67 Å². The SMILES string of the molecule is Cc1[nH]ncc1CN1CCC[C@](C)(F)C1. The van der Waals surface area contributed by atoms with Crippen LogP contribution in [-0.2, 0) is 6.54 Å². The van der Waals surface area contributed by atoms with Crippen molar-refractivity contribution in [3.8, 4) is 0 Å². The van der Waals surface area contributed by atoms with Gasteiger partial charge in [-0.05, 0) is 33.2 Å². The number of nitrogens with zero attached hydrogens (tertiary/aromatic N) is 2. The molecule has 0 saturated carbocycles. The summed E-state index contributed by atoms with van der Waals surface area (Å²) in [6.07, 6.45) is 3.47. The van der Waals surface area contributed by atoms with Gasteiger partial charge in [0.05, 0.1) is 6.20 Å². The third-order valence-corrected chi connectivity index (χ3v) is 3.05. The number of aryl methyl sites for hydroxylation is 1. The summed E-state index contributed by atoms with van der Waals surface area (Å²) in [7, 11) is 0. The van der Waals surface area contributed by atoms with Crippen LogP contribution in [0.3, 0.4) is 0 Å². The minimum atomic E-state index is -1.02. The van der Waals surface area contributed by atoms with Crippen LogP contribution in [0.5, 0.6) is 0 Å². The van der Waals surface area contributed by atoms with E-state index in [-0.39, 0.29) is 0 Å². The molecule has 4 heteroatoms. The highest BCUT2D eigenvalue weighted by Crippen LogP contribution is 2.25. The van der Waals surface area contributed by atoms with E-state index in [9.17, 15) is 4.39 Å². The second kappa shape index (κ2) is 3.93. The molecule has 1 fully saturated rings. The van der Waals surface area contributed by atoms with Crippen molar-refractivity contribution < 1.29 is 4.39 Å². The molecule has 1 aliphatic heterocycles. The molecule has 1 aromatic rings. The fraction of sp³-hybridized carbons (Fsp3) is 0.727. The van der Waals surface area contributed by atoms with Gasteiger partial charge < -0.3 is 0 Å². The number of halogens is 1. The molecule has 2 heterocycles. The van der Waals surface area contributed by atoms with Crippen molar-refractivity contribution in [3.63, 3.8) is 0 Å². The molecule has 0 amide bonds. The average Bonchev–Trinajstić information content (AvgIpc) is 2.50. The Labute approximate surface area is 89.7 Å². The molecule has 0 spiro atoms. The van der Waals surface area contributed by atoms with Gasteiger partial charge in [-0.15, -0.1) is 0 Å². The summed E-state index contributed by atoms with van der Waals surface area (Å²) >= 11 is 0. The normalized spacial score (nSPS) is 28.2. The smallest absolute Gasteiger partial charge is 0.120 e. The number of H-pyrrole nitrogens is 1. The van der Waals surface area contributed by atoms with Crippen LogP contribution in [0.25, 0.3) is 0 Å². The van der Waals surface area contributed by atoms with Crippen molar-refractivity contribution in [2.45, 2.75) is 38.9 Å². The summed E-state index contributed by atoms with van der Waals surface area (Å²) in [5.74, 6) is 0. The van der Waals surface area contributed by atoms with Gasteiger partial charge >= 0.3 is 0 Å². The lowest BCUT2D eigenvalue weighted by atomic mass is 9.96. The van der Waals surface area contributed by atoms with Crippen LogP contribution in [0.4, 0.5) is 4.39 Å². The summed E-state index contributed by atoms with van der Waals surface area (Å²) in [6, 6.07) is 0. The molecular formula is C11H18FN3. The maximum atomic E-state index is 13.8. The largest absolute Gasteiger partial charge is 0.296 e. The molecule has 84 valence electrons. The average molecular weight is 211 g/mol. The van der Waals surface area contributed by atoms with Crippen molar-refractivity contribution in [1.82, 2.24) is 15.1 Å². The summed E-state index contributed by atoms with van der Waals surface area (Å²) < 4.78 is 13.8. The number of nitrogens with one attached hydrogen (secondary N) is 1. The van der Waals surface area contributed by atoms with Crippen molar-refractivity contribution in [2.24, 2.45) is 0 Å². The predicted octanol–water partition coefficient (Wildman–Crippen LogP) is 2.04. The number of rotatable bonds is 2. The Bertz CT molecular complexity index is 332. The van der Waals surface area contributed by atoms with Crippen LogP contribution >= 0.6 is 0 Å². The van der Waals surface area contributed by atoms with Gasteiger partial charge in [0, 0.05) is 24.3 Å². The molecule has 0 unspecified atom stereocenters. The van der Waals surface area contributed by atoms with Crippen LogP contribution in [0.15, 0.2) is 6.20 Å². The maximum Gasteiger partial charge on any atom is 0.120 e. The van der Waals surface area contributed by atoms with Gasteiger partial charge in [0.2, 0.25) is 0 Å². The van der Waals surface area contributed by atoms with Gasteiger partial charge in [0.25, 0.3) is 0 Å². The third kappa shape index (κ3) is 2.56. The van der Waals surface area contributed by atoms with E-state index in [1.54, 1.807) is 6.92 Å². The first kappa shape index (κ1) is 10.6. The van der Waals surface area contributed by atoms with Gasteiger partial charge in [-0.3, -0.25) is 10.00 Å². The van der Waals surface area contributed by atoms with E-state index in [1.807, 2.05) is 13.1 Å². The fourth-order valence-electron chi connectivity index (χ4n) is 2.21. The van der Waals surface area contributed by atoms with Gasteiger partial charge in [0.1, 0.15) is 5.67 Å². The topological polar surface area (TPSA) is 31.9 Å². The van der Waals surface area contributed by atoms with Crippen molar-refractivity contribution in [1.29, 1.82) is 0 Å². The maximum absolute atomic E-state index is 13.8. The molecule has 2 rings (SSSR count). The molecule has 1 atom stereocenters. The zero-order valence-corrected chi connectivity index (χ0v) is 9.39. The summed E-state index contributed by atoms with van der Waals surface area (Å²) in [6.45, 7) is 6.03. The highest BCUT2D eigenvalue weighted by Gasteiger charge is 2.30. The Kier molecular flexibility index (Phi) is 2.78. The van der Waals surface area contributed by atoms with Crippen LogP contribution in [0.2, 0.25) is 0 Å². The standard InChI is InChI=1S/C11H18FN3/c1-9-10(6-13-14-9)7-15-5-3-4-11(2,12)8-15/h6H,3-5,7-8H2,1-2H3,(H,13,14)/t11-/m0/s1. The van der Waals surface area contributed by atoms with Gasteiger partial charge in [0.15, 0.2) is 0 Å². The number of hydrogen-bond donors (Lipinski definition) is 1. The molecule has 1 saturated heterocycles. The number of likely N-dealkylation sites (tertiary alicyclic amines) is 1. The lowest BCUT2D eigenvalue weighted by Crippen LogP contribution is -2.42. The monoisotopic (exact) mass is 211 g/mol. The minimum absolute atomic E-state index is 0.539. The number of aromatic amines is 1. The Hall–Kier alpha value is -0.900. The van der Waals surface area contributed by atoms with Crippen molar-refractivity contribution in [2.75, 3.05) is 13.1 Å². The van der Waals surface area contributed by atoms with Crippen LogP contribution in [-0.4, -0.2) is 33.9 Å². The van der Waals surface area contributed by atoms with Gasteiger partial charge in [-0.1, -0.05) is 0 Å². The van der Waals surface area contributed by atoms with Gasteiger partial charge in [-0.2, -0.15) is 5.10 Å². The van der Waals surface area contributed by atoms with E-state index in [2.05, 4.69) is 15.1 Å². The van der Waals surface area contributed by atoms with Crippen molar-refractivity contribution in [3.05, 3.63) is 17.5 Å². The van der Waals surface area contributed by atoms with E-state index in [0.29, 0.717) is 13.0 Å². The Morgan fingerprint density at radius 1 is 1.67 bits per heavy atom. The molecule has 1 N–H and O–H groups in total. The number of piperidine rings is 1. The third-order valence-electron chi connectivity index (χ3n) is 3.05. The molecule has 0 bridgehead atoms. The first-order chi connectivity index (χ1) is 7.07. The Morgan fingerprint density at radius 3 is 3.07 bits per heavy atom. The van der Waals surface area contributed by atoms with Crippen LogP contribution in [0.1, 0.15) is 31.0 Å².